The Labute approximate surface area is 295 Å². The maximum absolute atomic E-state index is 11.1. The Morgan fingerprint density at radius 2 is 1.64 bits per heavy atom. The summed E-state index contributed by atoms with van der Waals surface area (Å²) in [7, 11) is 0. The Balaban J connectivity index is 0.915. The largest absolute Gasteiger partial charge is 0.394 e. The fraction of sp³-hybridized carbons (Fsp3) is 0.947. The third-order valence-electron chi connectivity index (χ3n) is 15.2. The van der Waals surface area contributed by atoms with Crippen molar-refractivity contribution in [2.45, 2.75) is 159 Å². The van der Waals surface area contributed by atoms with Gasteiger partial charge in [-0.25, -0.2) is 0 Å². The average Bonchev–Trinajstić information content (AvgIpc) is 3.55. The van der Waals surface area contributed by atoms with Crippen molar-refractivity contribution in [3.05, 3.63) is 11.6 Å². The van der Waals surface area contributed by atoms with Gasteiger partial charge in [0.25, 0.3) is 0 Å². The van der Waals surface area contributed by atoms with Gasteiger partial charge in [-0.1, -0.05) is 39.3 Å². The summed E-state index contributed by atoms with van der Waals surface area (Å²) in [6.07, 6.45) is -0.517. The Morgan fingerprint density at radius 1 is 0.860 bits per heavy atom. The molecule has 0 aromatic carbocycles. The lowest BCUT2D eigenvalue weighted by molar-refractivity contribution is -0.353. The van der Waals surface area contributed by atoms with Gasteiger partial charge in [-0.2, -0.15) is 0 Å². The maximum Gasteiger partial charge on any atom is 0.186 e. The van der Waals surface area contributed by atoms with Gasteiger partial charge in [-0.15, -0.1) is 0 Å². The van der Waals surface area contributed by atoms with Crippen molar-refractivity contribution in [2.75, 3.05) is 19.8 Å². The van der Waals surface area contributed by atoms with Crippen molar-refractivity contribution >= 4 is 0 Å². The normalized spacial score (nSPS) is 57.8. The van der Waals surface area contributed by atoms with Crippen LogP contribution in [0.2, 0.25) is 0 Å². The molecule has 20 atom stereocenters. The summed E-state index contributed by atoms with van der Waals surface area (Å²) in [6.45, 7) is 9.66. The molecule has 0 radical (unpaired) electrons. The zero-order chi connectivity index (χ0) is 35.3. The molecule has 0 amide bonds. The second-order valence-electron chi connectivity index (χ2n) is 17.8. The van der Waals surface area contributed by atoms with Gasteiger partial charge < -0.3 is 59.1 Å². The molecule has 6 N–H and O–H groups in total. The molecule has 50 heavy (non-hydrogen) atoms. The summed E-state index contributed by atoms with van der Waals surface area (Å²) in [6, 6.07) is 0. The number of hydrogen-bond acceptors (Lipinski definition) is 12. The van der Waals surface area contributed by atoms with Crippen molar-refractivity contribution in [1.29, 1.82) is 0 Å². The number of allylic oxidation sites excluding steroid dienone is 1. The van der Waals surface area contributed by atoms with Crippen molar-refractivity contribution in [3.8, 4) is 0 Å². The highest BCUT2D eigenvalue weighted by molar-refractivity contribution is 5.26. The molecule has 7 fully saturated rings. The number of aliphatic hydroxyl groups excluding tert-OH is 6. The molecule has 12 nitrogen and oxygen atoms in total. The molecule has 0 aromatic heterocycles. The fourth-order valence-electron chi connectivity index (χ4n) is 12.3. The van der Waals surface area contributed by atoms with Crippen LogP contribution in [0.1, 0.15) is 85.5 Å². The summed E-state index contributed by atoms with van der Waals surface area (Å²) in [5.41, 5.74) is 1.75. The molecule has 284 valence electrons. The lowest BCUT2D eigenvalue weighted by Crippen LogP contribution is -2.63. The van der Waals surface area contributed by atoms with Gasteiger partial charge in [-0.05, 0) is 91.8 Å². The number of hydrogen-bond donors (Lipinski definition) is 6. The first kappa shape index (κ1) is 36.2. The van der Waals surface area contributed by atoms with E-state index in [0.717, 1.165) is 45.1 Å². The highest BCUT2D eigenvalue weighted by Crippen LogP contribution is 2.70. The van der Waals surface area contributed by atoms with Crippen LogP contribution in [0, 0.1) is 46.3 Å². The third kappa shape index (κ3) is 5.61. The molecule has 0 bridgehead atoms. The number of aliphatic hydroxyl groups is 6. The maximum atomic E-state index is 11.1. The van der Waals surface area contributed by atoms with Gasteiger partial charge in [0.05, 0.1) is 32.0 Å². The van der Waals surface area contributed by atoms with Crippen LogP contribution in [0.15, 0.2) is 11.6 Å². The van der Waals surface area contributed by atoms with Crippen molar-refractivity contribution in [1.82, 2.24) is 0 Å². The van der Waals surface area contributed by atoms with Crippen molar-refractivity contribution in [2.24, 2.45) is 46.3 Å². The fourth-order valence-corrected chi connectivity index (χ4v) is 12.3. The quantitative estimate of drug-likeness (QED) is 0.230. The lowest BCUT2D eigenvalue weighted by atomic mass is 9.47. The average molecular weight is 709 g/mol. The lowest BCUT2D eigenvalue weighted by Gasteiger charge is -2.58. The van der Waals surface area contributed by atoms with Crippen LogP contribution in [0.25, 0.3) is 0 Å². The molecule has 8 aliphatic rings. The van der Waals surface area contributed by atoms with E-state index >= 15 is 0 Å². The summed E-state index contributed by atoms with van der Waals surface area (Å²) >= 11 is 0. The van der Waals surface area contributed by atoms with Crippen LogP contribution in [0.3, 0.4) is 0 Å². The zero-order valence-electron chi connectivity index (χ0n) is 30.0. The molecule has 3 saturated carbocycles. The Morgan fingerprint density at radius 3 is 2.38 bits per heavy atom. The minimum absolute atomic E-state index is 0.0786. The predicted octanol–water partition coefficient (Wildman–Crippen LogP) is 2.00. The van der Waals surface area contributed by atoms with Crippen molar-refractivity contribution in [3.63, 3.8) is 0 Å². The highest BCUT2D eigenvalue weighted by atomic mass is 16.7. The molecule has 4 aliphatic heterocycles. The Hall–Kier alpha value is -0.740. The first-order valence-corrected chi connectivity index (χ1v) is 19.4. The van der Waals surface area contributed by atoms with E-state index in [4.69, 9.17) is 28.4 Å². The smallest absolute Gasteiger partial charge is 0.186 e. The second-order valence-corrected chi connectivity index (χ2v) is 17.8. The van der Waals surface area contributed by atoms with E-state index < -0.39 is 67.7 Å². The van der Waals surface area contributed by atoms with Crippen LogP contribution >= 0.6 is 0 Å². The summed E-state index contributed by atoms with van der Waals surface area (Å²) in [4.78, 5) is 0. The second kappa shape index (κ2) is 13.2. The highest BCUT2D eigenvalue weighted by Gasteiger charge is 2.68. The molecule has 4 saturated heterocycles. The van der Waals surface area contributed by atoms with Crippen LogP contribution in [0.4, 0.5) is 0 Å². The summed E-state index contributed by atoms with van der Waals surface area (Å²) < 4.78 is 36.8. The van der Waals surface area contributed by atoms with E-state index in [1.807, 2.05) is 0 Å². The van der Waals surface area contributed by atoms with Crippen LogP contribution in [-0.4, -0.2) is 124 Å². The van der Waals surface area contributed by atoms with Crippen LogP contribution in [0.5, 0.6) is 0 Å². The summed E-state index contributed by atoms with van der Waals surface area (Å²) in [5, 5.41) is 62.4. The molecule has 4 heterocycles. The molecule has 8 rings (SSSR count). The topological polar surface area (TPSA) is 177 Å². The van der Waals surface area contributed by atoms with Gasteiger partial charge in [-0.3, -0.25) is 0 Å². The minimum Gasteiger partial charge on any atom is -0.394 e. The molecule has 20 unspecified atom stereocenters. The number of ether oxygens (including phenoxy) is 6. The number of rotatable bonds is 5. The third-order valence-corrected chi connectivity index (χ3v) is 15.2. The van der Waals surface area contributed by atoms with Gasteiger partial charge in [0.1, 0.15) is 42.7 Å². The molecular formula is C38H60O12. The van der Waals surface area contributed by atoms with Gasteiger partial charge >= 0.3 is 0 Å². The first-order valence-electron chi connectivity index (χ1n) is 19.4. The van der Waals surface area contributed by atoms with Gasteiger partial charge in [0.15, 0.2) is 18.4 Å². The van der Waals surface area contributed by atoms with E-state index in [2.05, 4.69) is 33.8 Å². The van der Waals surface area contributed by atoms with Crippen LogP contribution in [-0.2, 0) is 28.4 Å². The molecule has 1 spiro atoms. The van der Waals surface area contributed by atoms with Gasteiger partial charge in [0.2, 0.25) is 0 Å². The zero-order valence-corrected chi connectivity index (χ0v) is 30.0. The number of fused-ring (bicyclic) bond motifs is 7. The Bertz CT molecular complexity index is 1270. The van der Waals surface area contributed by atoms with Crippen molar-refractivity contribution < 1.29 is 59.1 Å². The van der Waals surface area contributed by atoms with Gasteiger partial charge in [0, 0.05) is 12.3 Å². The first-order chi connectivity index (χ1) is 23.8. The van der Waals surface area contributed by atoms with E-state index in [1.165, 1.54) is 24.8 Å². The molecule has 12 heteroatoms. The standard InChI is InChI=1S/C38H60O12/c1-18-7-12-38(46-16-18)19(2)28-26(50-38)14-24-22-6-5-20-13-21(8-10-36(20,3)23(22)9-11-37(24,28)4)47-35-32(44)30(42)33(27(15-39)48-35)49-34-31(43)29(41)25(40)17-45-34/h5,18-19,21-35,39-44H,6-17H2,1-4H3. The SMILES string of the molecule is CC1CCC2(OC1)OC1CC3C4CC=C5CC(OC6OC(CO)C(OC7OCC(O)C(O)C7O)C(O)C6O)CCC5(C)C4CCC3(C)C1C2C. The van der Waals surface area contributed by atoms with E-state index in [0.29, 0.717) is 35.5 Å². The molecular weight excluding hydrogens is 648 g/mol. The van der Waals surface area contributed by atoms with E-state index in [1.54, 1.807) is 0 Å². The Kier molecular flexibility index (Phi) is 9.59. The predicted molar refractivity (Wildman–Crippen MR) is 177 cm³/mol. The monoisotopic (exact) mass is 708 g/mol. The molecule has 4 aliphatic carbocycles. The van der Waals surface area contributed by atoms with E-state index in [-0.39, 0.29) is 29.6 Å². The molecule has 0 aromatic rings. The van der Waals surface area contributed by atoms with Crippen LogP contribution < -0.4 is 0 Å². The summed E-state index contributed by atoms with van der Waals surface area (Å²) in [5.74, 6) is 3.00. The minimum atomic E-state index is -1.59. The van der Waals surface area contributed by atoms with E-state index in [9.17, 15) is 30.6 Å².